The summed E-state index contributed by atoms with van der Waals surface area (Å²) in [6.07, 6.45) is 6.00. The van der Waals surface area contributed by atoms with Crippen LogP contribution < -0.4 is 4.74 Å². The summed E-state index contributed by atoms with van der Waals surface area (Å²) in [6.45, 7) is 0.601. The van der Waals surface area contributed by atoms with Crippen LogP contribution in [0.4, 0.5) is 0 Å². The van der Waals surface area contributed by atoms with E-state index in [0.717, 1.165) is 27.8 Å². The highest BCUT2D eigenvalue weighted by Gasteiger charge is 2.15. The Kier molecular flexibility index (Phi) is 1.94. The minimum atomic E-state index is 0.358. The Morgan fingerprint density at radius 1 is 1.38 bits per heavy atom. The average Bonchev–Trinajstić information content (AvgIpc) is 2.73. The highest BCUT2D eigenvalue weighted by atomic mass is 16.5. The summed E-state index contributed by atoms with van der Waals surface area (Å²) in [5.74, 6) is 0.857. The molecule has 3 rings (SSSR count). The molecule has 3 nitrogen and oxygen atoms in total. The van der Waals surface area contributed by atoms with Gasteiger partial charge in [-0.05, 0) is 18.2 Å². The van der Waals surface area contributed by atoms with Gasteiger partial charge in [0.05, 0.1) is 18.8 Å². The van der Waals surface area contributed by atoms with E-state index in [9.17, 15) is 0 Å². The van der Waals surface area contributed by atoms with Crippen LogP contribution >= 0.6 is 0 Å². The number of nitriles is 1. The SMILES string of the molecule is N#CCc1coc2ccc3c(c12)C=CCO3. The average molecular weight is 211 g/mol. The molecule has 0 atom stereocenters. The third-order valence-corrected chi connectivity index (χ3v) is 2.71. The van der Waals surface area contributed by atoms with Crippen LogP contribution in [-0.2, 0) is 6.42 Å². The predicted octanol–water partition coefficient (Wildman–Crippen LogP) is 2.90. The van der Waals surface area contributed by atoms with E-state index < -0.39 is 0 Å². The number of ether oxygens (including phenoxy) is 1. The fourth-order valence-electron chi connectivity index (χ4n) is 2.01. The van der Waals surface area contributed by atoms with Crippen LogP contribution in [0.5, 0.6) is 5.75 Å². The van der Waals surface area contributed by atoms with E-state index in [1.807, 2.05) is 24.3 Å². The second-order valence-electron chi connectivity index (χ2n) is 3.66. The monoisotopic (exact) mass is 211 g/mol. The van der Waals surface area contributed by atoms with Crippen molar-refractivity contribution >= 4 is 17.0 Å². The number of rotatable bonds is 1. The van der Waals surface area contributed by atoms with Gasteiger partial charge in [-0.1, -0.05) is 6.08 Å². The lowest BCUT2D eigenvalue weighted by Crippen LogP contribution is -2.00. The number of nitrogens with zero attached hydrogens (tertiary/aromatic N) is 1. The summed E-state index contributed by atoms with van der Waals surface area (Å²) in [5, 5.41) is 9.76. The zero-order valence-electron chi connectivity index (χ0n) is 8.56. The molecule has 0 saturated heterocycles. The Morgan fingerprint density at radius 2 is 2.31 bits per heavy atom. The van der Waals surface area contributed by atoms with Gasteiger partial charge in [0.15, 0.2) is 0 Å². The van der Waals surface area contributed by atoms with Gasteiger partial charge in [0.1, 0.15) is 17.9 Å². The van der Waals surface area contributed by atoms with Crippen molar-refractivity contribution in [1.82, 2.24) is 0 Å². The van der Waals surface area contributed by atoms with E-state index in [2.05, 4.69) is 6.07 Å². The molecule has 0 radical (unpaired) electrons. The highest BCUT2D eigenvalue weighted by molar-refractivity contribution is 5.93. The lowest BCUT2D eigenvalue weighted by Gasteiger charge is -2.12. The fourth-order valence-corrected chi connectivity index (χ4v) is 2.01. The van der Waals surface area contributed by atoms with Crippen LogP contribution in [0.1, 0.15) is 11.1 Å². The Morgan fingerprint density at radius 3 is 3.19 bits per heavy atom. The molecule has 0 aliphatic carbocycles. The molecule has 2 aromatic rings. The summed E-state index contributed by atoms with van der Waals surface area (Å²) in [5.41, 5.74) is 2.74. The highest BCUT2D eigenvalue weighted by Crippen LogP contribution is 2.34. The first kappa shape index (κ1) is 9.05. The molecule has 3 heteroatoms. The Hall–Kier alpha value is -2.21. The van der Waals surface area contributed by atoms with Crippen molar-refractivity contribution in [1.29, 1.82) is 5.26 Å². The molecule has 2 heterocycles. The molecule has 1 aliphatic heterocycles. The van der Waals surface area contributed by atoms with Gasteiger partial charge in [-0.15, -0.1) is 0 Å². The van der Waals surface area contributed by atoms with Gasteiger partial charge in [0.25, 0.3) is 0 Å². The normalized spacial score (nSPS) is 13.2. The Labute approximate surface area is 92.5 Å². The van der Waals surface area contributed by atoms with Gasteiger partial charge in [0.2, 0.25) is 0 Å². The van der Waals surface area contributed by atoms with Crippen molar-refractivity contribution in [3.63, 3.8) is 0 Å². The van der Waals surface area contributed by atoms with Crippen LogP contribution in [0.25, 0.3) is 17.0 Å². The molecule has 0 bridgehead atoms. The zero-order chi connectivity index (χ0) is 11.0. The maximum Gasteiger partial charge on any atom is 0.135 e. The topological polar surface area (TPSA) is 46.2 Å². The maximum absolute atomic E-state index is 8.76. The molecule has 0 unspecified atom stereocenters. The van der Waals surface area contributed by atoms with Crippen molar-refractivity contribution < 1.29 is 9.15 Å². The van der Waals surface area contributed by atoms with Crippen LogP contribution in [0.15, 0.2) is 28.9 Å². The van der Waals surface area contributed by atoms with Crippen molar-refractivity contribution in [2.45, 2.75) is 6.42 Å². The molecular weight excluding hydrogens is 202 g/mol. The van der Waals surface area contributed by atoms with Gasteiger partial charge in [-0.2, -0.15) is 5.26 Å². The van der Waals surface area contributed by atoms with Crippen molar-refractivity contribution in [2.75, 3.05) is 6.61 Å². The summed E-state index contributed by atoms with van der Waals surface area (Å²) in [4.78, 5) is 0. The van der Waals surface area contributed by atoms with Crippen LogP contribution in [-0.4, -0.2) is 6.61 Å². The lowest BCUT2D eigenvalue weighted by atomic mass is 10.0. The largest absolute Gasteiger partial charge is 0.489 e. The van der Waals surface area contributed by atoms with E-state index in [1.165, 1.54) is 0 Å². The Balaban J connectivity index is 2.33. The quantitative estimate of drug-likeness (QED) is 0.728. The molecule has 1 aromatic carbocycles. The van der Waals surface area contributed by atoms with Crippen molar-refractivity contribution in [3.8, 4) is 11.8 Å². The number of hydrogen-bond donors (Lipinski definition) is 0. The molecule has 0 spiro atoms. The Bertz CT molecular complexity index is 617. The minimum Gasteiger partial charge on any atom is -0.489 e. The predicted molar refractivity (Wildman–Crippen MR) is 60.1 cm³/mol. The second-order valence-corrected chi connectivity index (χ2v) is 3.66. The van der Waals surface area contributed by atoms with Gasteiger partial charge < -0.3 is 9.15 Å². The molecular formula is C13H9NO2. The van der Waals surface area contributed by atoms with E-state index in [0.29, 0.717) is 13.0 Å². The minimum absolute atomic E-state index is 0.358. The molecule has 1 aliphatic rings. The molecule has 1 aromatic heterocycles. The number of furan rings is 1. The molecule has 0 fully saturated rings. The van der Waals surface area contributed by atoms with E-state index in [1.54, 1.807) is 6.26 Å². The van der Waals surface area contributed by atoms with Gasteiger partial charge >= 0.3 is 0 Å². The van der Waals surface area contributed by atoms with Crippen molar-refractivity contribution in [2.24, 2.45) is 0 Å². The van der Waals surface area contributed by atoms with E-state index >= 15 is 0 Å². The first-order chi connectivity index (χ1) is 7.90. The second kappa shape index (κ2) is 3.42. The molecule has 0 amide bonds. The molecule has 78 valence electrons. The lowest BCUT2D eigenvalue weighted by molar-refractivity contribution is 0.359. The molecule has 0 saturated carbocycles. The van der Waals surface area contributed by atoms with E-state index in [4.69, 9.17) is 14.4 Å². The smallest absolute Gasteiger partial charge is 0.135 e. The van der Waals surface area contributed by atoms with Gasteiger partial charge in [-0.25, -0.2) is 0 Å². The first-order valence-corrected chi connectivity index (χ1v) is 5.09. The number of fused-ring (bicyclic) bond motifs is 3. The summed E-state index contributed by atoms with van der Waals surface area (Å²) in [6, 6.07) is 5.93. The van der Waals surface area contributed by atoms with Gasteiger partial charge in [-0.3, -0.25) is 0 Å². The summed E-state index contributed by atoms with van der Waals surface area (Å²) in [7, 11) is 0. The van der Waals surface area contributed by atoms with Crippen LogP contribution in [0, 0.1) is 11.3 Å². The van der Waals surface area contributed by atoms with Crippen LogP contribution in [0.3, 0.4) is 0 Å². The third kappa shape index (κ3) is 1.20. The standard InChI is InChI=1S/C13H9NO2/c14-6-5-9-8-16-12-4-3-11-10(13(9)12)2-1-7-15-11/h1-4,8H,5,7H2. The summed E-state index contributed by atoms with van der Waals surface area (Å²) >= 11 is 0. The van der Waals surface area contributed by atoms with Crippen LogP contribution in [0.2, 0.25) is 0 Å². The zero-order valence-corrected chi connectivity index (χ0v) is 8.56. The van der Waals surface area contributed by atoms with Gasteiger partial charge in [0, 0.05) is 16.5 Å². The fraction of sp³-hybridized carbons (Fsp3) is 0.154. The molecule has 16 heavy (non-hydrogen) atoms. The molecule has 0 N–H and O–H groups in total. The number of hydrogen-bond acceptors (Lipinski definition) is 3. The summed E-state index contributed by atoms with van der Waals surface area (Å²) < 4.78 is 10.9. The van der Waals surface area contributed by atoms with Crippen molar-refractivity contribution in [3.05, 3.63) is 35.6 Å². The third-order valence-electron chi connectivity index (χ3n) is 2.71. The first-order valence-electron chi connectivity index (χ1n) is 5.09. The number of benzene rings is 1. The maximum atomic E-state index is 8.76. The van der Waals surface area contributed by atoms with E-state index in [-0.39, 0.29) is 0 Å².